The summed E-state index contributed by atoms with van der Waals surface area (Å²) in [4.78, 5) is 24.5. The highest BCUT2D eigenvalue weighted by molar-refractivity contribution is 6.03. The number of carbonyl (C=O) groups is 1. The number of pyridine rings is 2. The van der Waals surface area contributed by atoms with Crippen LogP contribution in [0.25, 0.3) is 0 Å². The Morgan fingerprint density at radius 2 is 2.13 bits per heavy atom. The van der Waals surface area contributed by atoms with Crippen LogP contribution in [-0.2, 0) is 7.05 Å². The van der Waals surface area contributed by atoms with E-state index in [0.717, 1.165) is 30.9 Å². The maximum atomic E-state index is 13.0. The van der Waals surface area contributed by atoms with Crippen molar-refractivity contribution in [2.75, 3.05) is 31.5 Å². The van der Waals surface area contributed by atoms with Crippen molar-refractivity contribution >= 4 is 11.7 Å². The molecule has 1 aliphatic carbocycles. The molecule has 5 rings (SSSR count). The van der Waals surface area contributed by atoms with Crippen molar-refractivity contribution in [2.24, 2.45) is 7.05 Å². The lowest BCUT2D eigenvalue weighted by atomic mass is 10.1. The van der Waals surface area contributed by atoms with Crippen molar-refractivity contribution in [1.29, 1.82) is 5.26 Å². The van der Waals surface area contributed by atoms with Gasteiger partial charge in [-0.2, -0.15) is 10.4 Å². The normalized spacial score (nSPS) is 18.6. The van der Waals surface area contributed by atoms with Gasteiger partial charge in [0.05, 0.1) is 5.69 Å². The molecule has 198 valence electrons. The summed E-state index contributed by atoms with van der Waals surface area (Å²) >= 11 is 0. The molecule has 1 saturated heterocycles. The molecule has 3 aromatic rings. The Balaban J connectivity index is 1.40. The molecular formula is C28H34N8O2. The molecule has 0 bridgehead atoms. The number of piperazine rings is 1. The van der Waals surface area contributed by atoms with Gasteiger partial charge >= 0.3 is 0 Å². The highest BCUT2D eigenvalue weighted by Crippen LogP contribution is 2.40. The number of hydrogen-bond acceptors (Lipinski definition) is 8. The minimum Gasteiger partial charge on any atom is -0.480 e. The Morgan fingerprint density at radius 1 is 1.32 bits per heavy atom. The molecule has 0 unspecified atom stereocenters. The summed E-state index contributed by atoms with van der Waals surface area (Å²) < 4.78 is 8.11. The molecule has 1 saturated carbocycles. The zero-order valence-corrected chi connectivity index (χ0v) is 22.4. The highest BCUT2D eigenvalue weighted by Gasteiger charge is 2.27. The second-order valence-corrected chi connectivity index (χ2v) is 10.4. The van der Waals surface area contributed by atoms with E-state index in [1.807, 2.05) is 25.4 Å². The summed E-state index contributed by atoms with van der Waals surface area (Å²) in [5.74, 6) is 1.01. The van der Waals surface area contributed by atoms with Crippen LogP contribution in [-0.4, -0.2) is 62.8 Å². The van der Waals surface area contributed by atoms with Crippen molar-refractivity contribution in [3.8, 4) is 11.8 Å². The molecule has 0 aromatic carbocycles. The van der Waals surface area contributed by atoms with Gasteiger partial charge in [-0.05, 0) is 62.8 Å². The third-order valence-corrected chi connectivity index (χ3v) is 7.08. The van der Waals surface area contributed by atoms with Gasteiger partial charge < -0.3 is 15.4 Å². The number of carbonyl (C=O) groups excluding carboxylic acids is 1. The molecule has 0 spiro atoms. The van der Waals surface area contributed by atoms with Crippen LogP contribution in [0.2, 0.25) is 0 Å². The molecule has 3 aromatic heterocycles. The maximum absolute atomic E-state index is 13.0. The molecule has 2 aliphatic rings. The van der Waals surface area contributed by atoms with Crippen LogP contribution in [0, 0.1) is 25.2 Å². The van der Waals surface area contributed by atoms with Gasteiger partial charge in [0.1, 0.15) is 11.8 Å². The third kappa shape index (κ3) is 5.85. The van der Waals surface area contributed by atoms with Gasteiger partial charge in [-0.3, -0.25) is 19.4 Å². The van der Waals surface area contributed by atoms with Crippen molar-refractivity contribution in [2.45, 2.75) is 51.7 Å². The lowest BCUT2D eigenvalue weighted by molar-refractivity contribution is 0.101. The zero-order chi connectivity index (χ0) is 26.8. The molecular weight excluding hydrogens is 480 g/mol. The summed E-state index contributed by atoms with van der Waals surface area (Å²) in [5, 5.41) is 20.5. The van der Waals surface area contributed by atoms with E-state index in [9.17, 15) is 10.1 Å². The Hall–Kier alpha value is -3.81. The largest absolute Gasteiger partial charge is 0.480 e. The van der Waals surface area contributed by atoms with Gasteiger partial charge in [-0.15, -0.1) is 0 Å². The SMILES string of the molecule is Cc1cn(C)nc1NC(=O)c1nc(C#N)c(O[C@H](CN2CCN[C@H](C)C2)c2ccc(C3CC3)cn2)cc1C. The van der Waals surface area contributed by atoms with Crippen LogP contribution in [0.5, 0.6) is 5.75 Å². The van der Waals surface area contributed by atoms with E-state index >= 15 is 0 Å². The maximum Gasteiger partial charge on any atom is 0.275 e. The minimum absolute atomic E-state index is 0.0618. The first-order valence-corrected chi connectivity index (χ1v) is 13.1. The topological polar surface area (TPSA) is 121 Å². The van der Waals surface area contributed by atoms with E-state index in [1.54, 1.807) is 24.7 Å². The van der Waals surface area contributed by atoms with E-state index < -0.39 is 12.0 Å². The van der Waals surface area contributed by atoms with Crippen LogP contribution in [0.3, 0.4) is 0 Å². The summed E-state index contributed by atoms with van der Waals surface area (Å²) in [7, 11) is 1.79. The fourth-order valence-electron chi connectivity index (χ4n) is 4.91. The van der Waals surface area contributed by atoms with Crippen molar-refractivity contribution in [1.82, 2.24) is 30.0 Å². The zero-order valence-electron chi connectivity index (χ0n) is 22.4. The van der Waals surface area contributed by atoms with Crippen molar-refractivity contribution in [3.63, 3.8) is 0 Å². The molecule has 1 amide bonds. The summed E-state index contributed by atoms with van der Waals surface area (Å²) in [5.41, 5.74) is 3.75. The standard InChI is InChI=1S/C28H34N8O2/c1-17-11-24(23(12-29)32-26(17)28(37)33-27-18(2)14-35(4)34-27)38-25(16-36-10-9-30-19(3)15-36)22-8-7-21(13-31-22)20-5-6-20/h7-8,11,13-14,19-20,25,30H,5-6,9-10,15-16H2,1-4H3,(H,33,34,37)/t19-,25-/m1/s1. The van der Waals surface area contributed by atoms with Crippen LogP contribution < -0.4 is 15.4 Å². The summed E-state index contributed by atoms with van der Waals surface area (Å²) in [6.45, 7) is 9.16. The van der Waals surface area contributed by atoms with Gasteiger partial charge in [0.25, 0.3) is 5.91 Å². The molecule has 1 aliphatic heterocycles. The van der Waals surface area contributed by atoms with E-state index in [2.05, 4.69) is 44.7 Å². The lowest BCUT2D eigenvalue weighted by Gasteiger charge is -2.34. The quantitative estimate of drug-likeness (QED) is 0.470. The van der Waals surface area contributed by atoms with Crippen LogP contribution in [0.4, 0.5) is 5.82 Å². The lowest BCUT2D eigenvalue weighted by Crippen LogP contribution is -2.50. The number of rotatable bonds is 8. The average molecular weight is 515 g/mol. The van der Waals surface area contributed by atoms with Crippen molar-refractivity contribution < 1.29 is 9.53 Å². The summed E-state index contributed by atoms with van der Waals surface area (Å²) in [6.07, 6.45) is 5.81. The van der Waals surface area contributed by atoms with E-state index in [4.69, 9.17) is 9.72 Å². The Bertz CT molecular complexity index is 1360. The minimum atomic E-state index is -0.420. The Labute approximate surface area is 223 Å². The number of anilines is 1. The number of nitriles is 1. The first-order chi connectivity index (χ1) is 18.3. The summed E-state index contributed by atoms with van der Waals surface area (Å²) in [6, 6.07) is 8.39. The van der Waals surface area contributed by atoms with E-state index in [-0.39, 0.29) is 11.4 Å². The van der Waals surface area contributed by atoms with Crippen LogP contribution in [0.15, 0.2) is 30.6 Å². The van der Waals surface area contributed by atoms with Crippen LogP contribution in [0.1, 0.15) is 70.4 Å². The smallest absolute Gasteiger partial charge is 0.275 e. The number of hydrogen-bond donors (Lipinski definition) is 2. The van der Waals surface area contributed by atoms with Crippen LogP contribution >= 0.6 is 0 Å². The molecule has 38 heavy (non-hydrogen) atoms. The molecule has 10 nitrogen and oxygen atoms in total. The molecule has 4 heterocycles. The molecule has 10 heteroatoms. The van der Waals surface area contributed by atoms with E-state index in [1.165, 1.54) is 18.4 Å². The predicted molar refractivity (Wildman–Crippen MR) is 143 cm³/mol. The Kier molecular flexibility index (Phi) is 7.40. The number of nitrogens with one attached hydrogen (secondary N) is 2. The van der Waals surface area contributed by atoms with Gasteiger partial charge in [0.2, 0.25) is 0 Å². The van der Waals surface area contributed by atoms with Gasteiger partial charge in [-0.25, -0.2) is 4.98 Å². The average Bonchev–Trinajstić information content (AvgIpc) is 3.69. The number of aromatic nitrogens is 4. The monoisotopic (exact) mass is 514 g/mol. The van der Waals surface area contributed by atoms with Gasteiger partial charge in [0, 0.05) is 57.2 Å². The number of aryl methyl sites for hydroxylation is 3. The predicted octanol–water partition coefficient (Wildman–Crippen LogP) is 3.24. The van der Waals surface area contributed by atoms with E-state index in [0.29, 0.717) is 35.6 Å². The number of ether oxygens (including phenoxy) is 1. The highest BCUT2D eigenvalue weighted by atomic mass is 16.5. The van der Waals surface area contributed by atoms with Gasteiger partial charge in [-0.1, -0.05) is 6.07 Å². The second kappa shape index (κ2) is 10.9. The second-order valence-electron chi connectivity index (χ2n) is 10.4. The molecule has 2 atom stereocenters. The Morgan fingerprint density at radius 3 is 2.76 bits per heavy atom. The molecule has 0 radical (unpaired) electrons. The fourth-order valence-corrected chi connectivity index (χ4v) is 4.91. The first kappa shape index (κ1) is 25.8. The molecule has 2 fully saturated rings. The third-order valence-electron chi connectivity index (χ3n) is 7.08. The fraction of sp³-hybridized carbons (Fsp3) is 0.464. The van der Waals surface area contributed by atoms with Gasteiger partial charge in [0.15, 0.2) is 23.4 Å². The van der Waals surface area contributed by atoms with Crippen molar-refractivity contribution in [3.05, 3.63) is 64.4 Å². The first-order valence-electron chi connectivity index (χ1n) is 13.1. The number of nitrogens with zero attached hydrogens (tertiary/aromatic N) is 6. The molecule has 2 N–H and O–H groups in total. The number of amides is 1.